The Bertz CT molecular complexity index is 789. The molecular weight excluding hydrogens is 288 g/mol. The number of carbonyl (C=O) groups is 1. The largest absolute Gasteiger partial charge is 0.497 e. The van der Waals surface area contributed by atoms with E-state index in [0.29, 0.717) is 6.61 Å². The molecule has 1 spiro atoms. The number of ether oxygens (including phenoxy) is 2. The number of fused-ring (bicyclic) bond motifs is 1. The number of Topliss-reactive ketones (excluding diaryl/α,β-unsaturated/α-hetero) is 1. The van der Waals surface area contributed by atoms with E-state index in [-0.39, 0.29) is 23.5 Å². The Morgan fingerprint density at radius 2 is 1.78 bits per heavy atom. The molecule has 1 saturated carbocycles. The van der Waals surface area contributed by atoms with Crippen LogP contribution in [0.4, 0.5) is 0 Å². The van der Waals surface area contributed by atoms with Gasteiger partial charge in [-0.1, -0.05) is 36.4 Å². The molecule has 0 N–H and O–H groups in total. The van der Waals surface area contributed by atoms with E-state index in [1.807, 2.05) is 18.2 Å². The Labute approximate surface area is 135 Å². The maximum absolute atomic E-state index is 13.1. The van der Waals surface area contributed by atoms with Crippen LogP contribution in [0.1, 0.15) is 40.9 Å². The van der Waals surface area contributed by atoms with Crippen molar-refractivity contribution in [1.29, 1.82) is 0 Å². The number of hydrogen-bond acceptors (Lipinski definition) is 3. The van der Waals surface area contributed by atoms with Crippen molar-refractivity contribution in [3.63, 3.8) is 0 Å². The van der Waals surface area contributed by atoms with Crippen LogP contribution in [0.15, 0.2) is 48.5 Å². The van der Waals surface area contributed by atoms with Gasteiger partial charge >= 0.3 is 0 Å². The Balaban J connectivity index is 1.63. The number of rotatable bonds is 2. The molecule has 1 heterocycles. The Kier molecular flexibility index (Phi) is 2.58. The molecule has 116 valence electrons. The van der Waals surface area contributed by atoms with Crippen LogP contribution in [0.5, 0.6) is 5.75 Å². The van der Waals surface area contributed by atoms with Crippen molar-refractivity contribution in [2.45, 2.75) is 29.8 Å². The maximum atomic E-state index is 13.1. The van der Waals surface area contributed by atoms with Crippen LogP contribution >= 0.6 is 0 Å². The molecule has 23 heavy (non-hydrogen) atoms. The highest BCUT2D eigenvalue weighted by Gasteiger charge is 2.67. The third kappa shape index (κ3) is 1.66. The van der Waals surface area contributed by atoms with Crippen molar-refractivity contribution in [1.82, 2.24) is 0 Å². The molecule has 0 radical (unpaired) electrons. The Morgan fingerprint density at radius 1 is 1.09 bits per heavy atom. The fourth-order valence-electron chi connectivity index (χ4n) is 4.65. The average Bonchev–Trinajstić information content (AvgIpc) is 3.40. The maximum Gasteiger partial charge on any atom is 0.175 e. The van der Waals surface area contributed by atoms with E-state index in [1.165, 1.54) is 16.7 Å². The van der Waals surface area contributed by atoms with Crippen LogP contribution in [-0.4, -0.2) is 25.1 Å². The number of hydrogen-bond donors (Lipinski definition) is 0. The van der Waals surface area contributed by atoms with Gasteiger partial charge in [0.25, 0.3) is 0 Å². The quantitative estimate of drug-likeness (QED) is 0.798. The lowest BCUT2D eigenvalue weighted by Gasteiger charge is -2.46. The first-order valence-electron chi connectivity index (χ1n) is 8.15. The third-order valence-electron chi connectivity index (χ3n) is 5.86. The van der Waals surface area contributed by atoms with Crippen LogP contribution in [0.25, 0.3) is 0 Å². The predicted molar refractivity (Wildman–Crippen MR) is 86.0 cm³/mol. The van der Waals surface area contributed by atoms with E-state index >= 15 is 0 Å². The monoisotopic (exact) mass is 306 g/mol. The molecule has 2 bridgehead atoms. The first kappa shape index (κ1) is 13.3. The van der Waals surface area contributed by atoms with Gasteiger partial charge < -0.3 is 9.47 Å². The summed E-state index contributed by atoms with van der Waals surface area (Å²) in [6.45, 7) is 0.594. The molecule has 0 aromatic heterocycles. The molecule has 1 aliphatic heterocycles. The van der Waals surface area contributed by atoms with Gasteiger partial charge in [0.15, 0.2) is 11.4 Å². The van der Waals surface area contributed by atoms with Crippen LogP contribution in [0.2, 0.25) is 0 Å². The zero-order chi connectivity index (χ0) is 15.6. The zero-order valence-electron chi connectivity index (χ0n) is 13.0. The lowest BCUT2D eigenvalue weighted by Crippen LogP contribution is -2.48. The SMILES string of the molecule is COc1ccc([C@H]2C[C@H]3c4ccccc4[C@@H]2C(=O)C32CO2)cc1. The summed E-state index contributed by atoms with van der Waals surface area (Å²) in [5.74, 6) is 1.50. The molecular formula is C20H18O3. The second-order valence-corrected chi connectivity index (χ2v) is 6.82. The molecule has 4 aliphatic rings. The fourth-order valence-corrected chi connectivity index (χ4v) is 4.65. The Morgan fingerprint density at radius 3 is 2.43 bits per heavy atom. The smallest absolute Gasteiger partial charge is 0.175 e. The normalized spacial score (nSPS) is 33.6. The lowest BCUT2D eigenvalue weighted by atomic mass is 9.55. The molecule has 2 aromatic carbocycles. The van der Waals surface area contributed by atoms with Gasteiger partial charge in [0, 0.05) is 5.92 Å². The van der Waals surface area contributed by atoms with Crippen LogP contribution < -0.4 is 4.74 Å². The molecule has 1 saturated heterocycles. The summed E-state index contributed by atoms with van der Waals surface area (Å²) in [7, 11) is 1.67. The van der Waals surface area contributed by atoms with E-state index < -0.39 is 5.60 Å². The predicted octanol–water partition coefficient (Wildman–Crippen LogP) is 3.40. The van der Waals surface area contributed by atoms with Crippen molar-refractivity contribution in [2.75, 3.05) is 13.7 Å². The van der Waals surface area contributed by atoms with E-state index in [0.717, 1.165) is 12.2 Å². The highest BCUT2D eigenvalue weighted by Crippen LogP contribution is 2.63. The molecule has 6 rings (SSSR count). The van der Waals surface area contributed by atoms with Crippen molar-refractivity contribution >= 4 is 5.78 Å². The van der Waals surface area contributed by atoms with E-state index in [2.05, 4.69) is 30.3 Å². The topological polar surface area (TPSA) is 38.8 Å². The second kappa shape index (κ2) is 4.45. The molecule has 2 fully saturated rings. The summed E-state index contributed by atoms with van der Waals surface area (Å²) >= 11 is 0. The van der Waals surface area contributed by atoms with Crippen molar-refractivity contribution < 1.29 is 14.3 Å². The van der Waals surface area contributed by atoms with Crippen LogP contribution in [0.3, 0.4) is 0 Å². The standard InChI is InChI=1S/C20H18O3/c1-22-13-8-6-12(7-9-13)16-10-17-14-4-2-3-5-15(14)18(16)19(21)20(17)11-23-20/h2-9,16-18H,10-11H2,1H3/t16-,17+,18+,20?/m1/s1. The minimum absolute atomic E-state index is 0.0768. The summed E-state index contributed by atoms with van der Waals surface area (Å²) in [6.07, 6.45) is 0.986. The first-order valence-corrected chi connectivity index (χ1v) is 8.15. The third-order valence-corrected chi connectivity index (χ3v) is 5.86. The number of carbonyl (C=O) groups excluding carboxylic acids is 1. The van der Waals surface area contributed by atoms with Gasteiger partial charge in [0.05, 0.1) is 19.6 Å². The van der Waals surface area contributed by atoms with Gasteiger partial charge in [-0.15, -0.1) is 0 Å². The minimum atomic E-state index is -0.512. The van der Waals surface area contributed by atoms with E-state index in [1.54, 1.807) is 7.11 Å². The van der Waals surface area contributed by atoms with Crippen LogP contribution in [-0.2, 0) is 9.53 Å². The number of methoxy groups -OCH3 is 1. The summed E-state index contributed by atoms with van der Waals surface area (Å²) in [5.41, 5.74) is 3.23. The van der Waals surface area contributed by atoms with Crippen molar-refractivity contribution in [3.05, 3.63) is 65.2 Å². The van der Waals surface area contributed by atoms with Gasteiger partial charge in [0.2, 0.25) is 0 Å². The number of epoxide rings is 1. The molecule has 4 atom stereocenters. The van der Waals surface area contributed by atoms with Gasteiger partial charge in [-0.2, -0.15) is 0 Å². The molecule has 3 heteroatoms. The molecule has 2 aromatic rings. The zero-order valence-corrected chi connectivity index (χ0v) is 13.0. The fraction of sp³-hybridized carbons (Fsp3) is 0.350. The highest BCUT2D eigenvalue weighted by molar-refractivity contribution is 6.00. The lowest BCUT2D eigenvalue weighted by molar-refractivity contribution is -0.130. The molecule has 0 amide bonds. The molecule has 3 aliphatic carbocycles. The highest BCUT2D eigenvalue weighted by atomic mass is 16.6. The average molecular weight is 306 g/mol. The summed E-state index contributed by atoms with van der Waals surface area (Å²) in [4.78, 5) is 13.1. The van der Waals surface area contributed by atoms with Crippen molar-refractivity contribution in [2.24, 2.45) is 0 Å². The van der Waals surface area contributed by atoms with Gasteiger partial charge in [-0.3, -0.25) is 4.79 Å². The van der Waals surface area contributed by atoms with Crippen LogP contribution in [0, 0.1) is 0 Å². The van der Waals surface area contributed by atoms with Crippen molar-refractivity contribution in [3.8, 4) is 5.75 Å². The molecule has 3 nitrogen and oxygen atoms in total. The first-order chi connectivity index (χ1) is 11.2. The summed E-state index contributed by atoms with van der Waals surface area (Å²) in [6, 6.07) is 16.6. The summed E-state index contributed by atoms with van der Waals surface area (Å²) in [5, 5.41) is 0. The van der Waals surface area contributed by atoms with Gasteiger partial charge in [-0.25, -0.2) is 0 Å². The van der Waals surface area contributed by atoms with E-state index in [4.69, 9.17) is 9.47 Å². The summed E-state index contributed by atoms with van der Waals surface area (Å²) < 4.78 is 10.9. The minimum Gasteiger partial charge on any atom is -0.497 e. The Hall–Kier alpha value is -2.13. The molecule has 1 unspecified atom stereocenters. The second-order valence-electron chi connectivity index (χ2n) is 6.82. The van der Waals surface area contributed by atoms with E-state index in [9.17, 15) is 4.79 Å². The van der Waals surface area contributed by atoms with Gasteiger partial charge in [-0.05, 0) is 41.2 Å². The number of benzene rings is 2. The van der Waals surface area contributed by atoms with Gasteiger partial charge in [0.1, 0.15) is 5.75 Å². The number of ketones is 1.